The van der Waals surface area contributed by atoms with Gasteiger partial charge in [-0.15, -0.1) is 0 Å². The van der Waals surface area contributed by atoms with Crippen molar-refractivity contribution in [1.82, 2.24) is 9.55 Å². The summed E-state index contributed by atoms with van der Waals surface area (Å²) in [4.78, 5) is 4.19. The molecule has 0 atom stereocenters. The van der Waals surface area contributed by atoms with Gasteiger partial charge in [-0.3, -0.25) is 0 Å². The molecule has 5 rings (SSSR count). The molecule has 0 spiro atoms. The minimum Gasteiger partial charge on any atom is -0.494 e. The van der Waals surface area contributed by atoms with Crippen LogP contribution in [0.3, 0.4) is 0 Å². The Kier molecular flexibility index (Phi) is 5.28. The van der Waals surface area contributed by atoms with Gasteiger partial charge in [0.05, 0.1) is 17.8 Å². The van der Waals surface area contributed by atoms with Gasteiger partial charge in [0, 0.05) is 18.9 Å². The SMILES string of the molecule is O=S(=O)(c1ccc(OCCCn2ccnc2)cc1)N1c2ccccc2Oc2ccccc21. The van der Waals surface area contributed by atoms with Gasteiger partial charge in [-0.25, -0.2) is 17.7 Å². The summed E-state index contributed by atoms with van der Waals surface area (Å²) in [6.45, 7) is 1.33. The fourth-order valence-electron chi connectivity index (χ4n) is 3.60. The molecule has 32 heavy (non-hydrogen) atoms. The van der Waals surface area contributed by atoms with Crippen LogP contribution in [0.5, 0.6) is 17.2 Å². The molecule has 0 saturated heterocycles. The molecule has 0 N–H and O–H groups in total. The molecule has 2 heterocycles. The maximum atomic E-state index is 13.6. The van der Waals surface area contributed by atoms with Crippen molar-refractivity contribution >= 4 is 21.4 Å². The molecule has 8 heteroatoms. The number of imidazole rings is 1. The maximum absolute atomic E-state index is 13.6. The molecule has 0 unspecified atom stereocenters. The number of aryl methyl sites for hydroxylation is 1. The standard InChI is InChI=1S/C24H21N3O4S/c28-32(29,20-12-10-19(11-13-20)30-17-5-15-26-16-14-25-18-26)27-21-6-1-3-8-23(21)31-24-9-4-2-7-22(24)27/h1-4,6-14,16,18H,5,15,17H2. The summed E-state index contributed by atoms with van der Waals surface area (Å²) in [5.41, 5.74) is 0.956. The summed E-state index contributed by atoms with van der Waals surface area (Å²) in [7, 11) is -3.87. The van der Waals surface area contributed by atoms with Crippen molar-refractivity contribution in [2.75, 3.05) is 10.9 Å². The second-order valence-electron chi connectivity index (χ2n) is 7.28. The second-order valence-corrected chi connectivity index (χ2v) is 9.07. The molecule has 1 aromatic heterocycles. The van der Waals surface area contributed by atoms with E-state index in [-0.39, 0.29) is 4.90 Å². The van der Waals surface area contributed by atoms with E-state index in [1.54, 1.807) is 73.2 Å². The molecule has 4 aromatic rings. The molecular weight excluding hydrogens is 426 g/mol. The quantitative estimate of drug-likeness (QED) is 0.374. The summed E-state index contributed by atoms with van der Waals surface area (Å²) < 4.78 is 42.3. The molecule has 1 aliphatic heterocycles. The number of nitrogens with zero attached hydrogens (tertiary/aromatic N) is 3. The Morgan fingerprint density at radius 1 is 0.875 bits per heavy atom. The minimum absolute atomic E-state index is 0.176. The molecule has 0 aliphatic carbocycles. The first kappa shape index (κ1) is 20.1. The maximum Gasteiger partial charge on any atom is 0.268 e. The average Bonchev–Trinajstić information content (AvgIpc) is 3.34. The van der Waals surface area contributed by atoms with Crippen molar-refractivity contribution in [3.05, 3.63) is 91.5 Å². The lowest BCUT2D eigenvalue weighted by molar-refractivity contribution is 0.301. The number of benzene rings is 3. The number of para-hydroxylation sites is 4. The van der Waals surface area contributed by atoms with E-state index in [4.69, 9.17) is 9.47 Å². The predicted molar refractivity (Wildman–Crippen MR) is 121 cm³/mol. The van der Waals surface area contributed by atoms with E-state index < -0.39 is 10.0 Å². The number of fused-ring (bicyclic) bond motifs is 2. The molecule has 0 fully saturated rings. The predicted octanol–water partition coefficient (Wildman–Crippen LogP) is 4.98. The summed E-state index contributed by atoms with van der Waals surface area (Å²) in [6.07, 6.45) is 6.23. The van der Waals surface area contributed by atoms with Crippen LogP contribution in [0.15, 0.2) is 96.4 Å². The number of hydrogen-bond acceptors (Lipinski definition) is 5. The van der Waals surface area contributed by atoms with E-state index in [0.29, 0.717) is 35.2 Å². The monoisotopic (exact) mass is 447 g/mol. The highest BCUT2D eigenvalue weighted by Gasteiger charge is 2.34. The Morgan fingerprint density at radius 2 is 1.53 bits per heavy atom. The first-order valence-electron chi connectivity index (χ1n) is 10.2. The highest BCUT2D eigenvalue weighted by atomic mass is 32.2. The molecule has 3 aromatic carbocycles. The van der Waals surface area contributed by atoms with Crippen LogP contribution in [0.2, 0.25) is 0 Å². The van der Waals surface area contributed by atoms with E-state index in [0.717, 1.165) is 13.0 Å². The molecule has 0 amide bonds. The Morgan fingerprint density at radius 3 is 2.16 bits per heavy atom. The van der Waals surface area contributed by atoms with Gasteiger partial charge in [-0.05, 0) is 55.0 Å². The van der Waals surface area contributed by atoms with Crippen molar-refractivity contribution < 1.29 is 17.9 Å². The van der Waals surface area contributed by atoms with Crippen molar-refractivity contribution in [2.45, 2.75) is 17.9 Å². The van der Waals surface area contributed by atoms with Gasteiger partial charge in [-0.2, -0.15) is 0 Å². The Labute approximate surface area is 186 Å². The first-order chi connectivity index (χ1) is 15.6. The molecule has 1 aliphatic rings. The van der Waals surface area contributed by atoms with Gasteiger partial charge in [0.2, 0.25) is 0 Å². The Balaban J connectivity index is 1.37. The fourth-order valence-corrected chi connectivity index (χ4v) is 5.11. The van der Waals surface area contributed by atoms with Crippen molar-refractivity contribution in [3.8, 4) is 17.2 Å². The zero-order valence-corrected chi connectivity index (χ0v) is 18.0. The third-order valence-corrected chi connectivity index (χ3v) is 6.88. The summed E-state index contributed by atoms with van der Waals surface area (Å²) in [5.74, 6) is 1.61. The van der Waals surface area contributed by atoms with Crippen LogP contribution < -0.4 is 13.8 Å². The second kappa shape index (κ2) is 8.39. The van der Waals surface area contributed by atoms with E-state index in [1.165, 1.54) is 4.31 Å². The van der Waals surface area contributed by atoms with Crippen LogP contribution in [0.4, 0.5) is 11.4 Å². The highest BCUT2D eigenvalue weighted by molar-refractivity contribution is 7.93. The molecule has 0 bridgehead atoms. The van der Waals surface area contributed by atoms with Crippen molar-refractivity contribution in [1.29, 1.82) is 0 Å². The topological polar surface area (TPSA) is 73.7 Å². The van der Waals surface area contributed by atoms with E-state index in [2.05, 4.69) is 4.98 Å². The van der Waals surface area contributed by atoms with Crippen LogP contribution in [-0.4, -0.2) is 24.6 Å². The van der Waals surface area contributed by atoms with Gasteiger partial charge in [0.25, 0.3) is 10.0 Å². The van der Waals surface area contributed by atoms with Gasteiger partial charge in [0.15, 0.2) is 11.5 Å². The van der Waals surface area contributed by atoms with Crippen LogP contribution in [0.25, 0.3) is 0 Å². The first-order valence-corrected chi connectivity index (χ1v) is 11.7. The lowest BCUT2D eigenvalue weighted by atomic mass is 10.2. The van der Waals surface area contributed by atoms with Gasteiger partial charge >= 0.3 is 0 Å². The van der Waals surface area contributed by atoms with Gasteiger partial charge in [0.1, 0.15) is 17.1 Å². The number of aromatic nitrogens is 2. The van der Waals surface area contributed by atoms with Crippen LogP contribution >= 0.6 is 0 Å². The zero-order chi connectivity index (χ0) is 22.0. The van der Waals surface area contributed by atoms with Gasteiger partial charge < -0.3 is 14.0 Å². The number of sulfonamides is 1. The van der Waals surface area contributed by atoms with Crippen molar-refractivity contribution in [3.63, 3.8) is 0 Å². The fraction of sp³-hybridized carbons (Fsp3) is 0.125. The zero-order valence-electron chi connectivity index (χ0n) is 17.2. The molecule has 0 radical (unpaired) electrons. The lowest BCUT2D eigenvalue weighted by Crippen LogP contribution is -2.28. The third-order valence-electron chi connectivity index (χ3n) is 5.14. The van der Waals surface area contributed by atoms with E-state index >= 15 is 0 Å². The number of anilines is 2. The lowest BCUT2D eigenvalue weighted by Gasteiger charge is -2.31. The largest absolute Gasteiger partial charge is 0.494 e. The Bertz CT molecular complexity index is 1270. The van der Waals surface area contributed by atoms with Crippen molar-refractivity contribution in [2.24, 2.45) is 0 Å². The van der Waals surface area contributed by atoms with Crippen LogP contribution in [-0.2, 0) is 16.6 Å². The molecular formula is C24H21N3O4S. The normalized spacial score (nSPS) is 12.6. The molecule has 0 saturated carbocycles. The molecule has 7 nitrogen and oxygen atoms in total. The van der Waals surface area contributed by atoms with E-state index in [1.807, 2.05) is 22.9 Å². The van der Waals surface area contributed by atoms with Crippen LogP contribution in [0.1, 0.15) is 6.42 Å². The summed E-state index contributed by atoms with van der Waals surface area (Å²) in [5, 5.41) is 0. The highest BCUT2D eigenvalue weighted by Crippen LogP contribution is 2.48. The number of ether oxygens (including phenoxy) is 2. The molecule has 162 valence electrons. The number of rotatable bonds is 7. The summed E-state index contributed by atoms with van der Waals surface area (Å²) >= 11 is 0. The third kappa shape index (κ3) is 3.80. The Hall–Kier alpha value is -3.78. The smallest absolute Gasteiger partial charge is 0.268 e. The summed E-state index contributed by atoms with van der Waals surface area (Å²) in [6, 6.07) is 20.7. The minimum atomic E-state index is -3.87. The van der Waals surface area contributed by atoms with Crippen LogP contribution in [0, 0.1) is 0 Å². The van der Waals surface area contributed by atoms with E-state index in [9.17, 15) is 8.42 Å². The average molecular weight is 448 g/mol. The van der Waals surface area contributed by atoms with Gasteiger partial charge in [-0.1, -0.05) is 24.3 Å². The number of hydrogen-bond donors (Lipinski definition) is 0.